The number of esters is 1. The molecule has 0 aromatic heterocycles. The van der Waals surface area contributed by atoms with Gasteiger partial charge in [-0.2, -0.15) is 0 Å². The number of carbonyl (C=O) groups is 4. The third-order valence-corrected chi connectivity index (χ3v) is 3.54. The van der Waals surface area contributed by atoms with Gasteiger partial charge in [-0.05, 0) is 38.5 Å². The van der Waals surface area contributed by atoms with E-state index in [2.05, 4.69) is 5.32 Å². The summed E-state index contributed by atoms with van der Waals surface area (Å²) in [6.07, 6.45) is -2.27. The number of alkyl carbamates (subject to hydrolysis) is 1. The highest BCUT2D eigenvalue weighted by atomic mass is 16.6. The lowest BCUT2D eigenvalue weighted by Gasteiger charge is -2.23. The van der Waals surface area contributed by atoms with Gasteiger partial charge in [0.15, 0.2) is 6.10 Å². The second kappa shape index (κ2) is 8.07. The molecule has 0 saturated carbocycles. The molecule has 9 heteroatoms. The Bertz CT molecular complexity index is 737. The molecule has 27 heavy (non-hydrogen) atoms. The van der Waals surface area contributed by atoms with Gasteiger partial charge in [-0.3, -0.25) is 14.9 Å². The van der Waals surface area contributed by atoms with E-state index in [1.54, 1.807) is 32.9 Å². The Morgan fingerprint density at radius 1 is 1.26 bits per heavy atom. The Morgan fingerprint density at radius 2 is 1.89 bits per heavy atom. The minimum atomic E-state index is -1.23. The molecule has 0 unspecified atom stereocenters. The van der Waals surface area contributed by atoms with E-state index in [1.165, 1.54) is 12.1 Å². The first kappa shape index (κ1) is 20.2. The largest absolute Gasteiger partial charge is 0.508 e. The molecule has 0 spiro atoms. The molecular weight excluding hydrogens is 356 g/mol. The number of rotatable bonds is 5. The number of carbonyl (C=O) groups excluding carboxylic acids is 4. The number of hydrogen-bond donors (Lipinski definition) is 3. The zero-order chi connectivity index (χ0) is 20.2. The van der Waals surface area contributed by atoms with Crippen molar-refractivity contribution in [3.8, 4) is 5.75 Å². The summed E-state index contributed by atoms with van der Waals surface area (Å²) in [6.45, 7) is 5.02. The van der Waals surface area contributed by atoms with Crippen LogP contribution >= 0.6 is 0 Å². The molecule has 1 aromatic rings. The molecule has 146 valence electrons. The van der Waals surface area contributed by atoms with Crippen LogP contribution in [-0.4, -0.2) is 46.7 Å². The fourth-order valence-electron chi connectivity index (χ4n) is 2.36. The lowest BCUT2D eigenvalue weighted by molar-refractivity contribution is -0.156. The van der Waals surface area contributed by atoms with Gasteiger partial charge in [-0.15, -0.1) is 0 Å². The van der Waals surface area contributed by atoms with Gasteiger partial charge in [-0.25, -0.2) is 9.59 Å². The zero-order valence-electron chi connectivity index (χ0n) is 15.3. The third-order valence-electron chi connectivity index (χ3n) is 3.54. The van der Waals surface area contributed by atoms with Crippen LogP contribution in [0.15, 0.2) is 24.3 Å². The molecule has 3 N–H and O–H groups in total. The van der Waals surface area contributed by atoms with Crippen LogP contribution in [-0.2, 0) is 30.3 Å². The van der Waals surface area contributed by atoms with Gasteiger partial charge < -0.3 is 19.9 Å². The Morgan fingerprint density at radius 3 is 2.41 bits per heavy atom. The standard InChI is InChI=1S/C18H22N2O7/c1-18(2,3)27-17(25)19-12(8-10-4-6-11(21)7-5-10)16(24)26-13-9-14(22)20-15(13)23/h4-7,12-13,21H,8-9H2,1-3H3,(H,19,25)(H,20,22,23)/t12-,13-/m0/s1. The predicted molar refractivity (Wildman–Crippen MR) is 92.6 cm³/mol. The maximum atomic E-state index is 12.5. The number of ether oxygens (including phenoxy) is 2. The van der Waals surface area contributed by atoms with Crippen molar-refractivity contribution in [2.75, 3.05) is 0 Å². The highest BCUT2D eigenvalue weighted by Crippen LogP contribution is 2.15. The second-order valence-electron chi connectivity index (χ2n) is 7.11. The number of imide groups is 1. The molecule has 1 heterocycles. The second-order valence-corrected chi connectivity index (χ2v) is 7.11. The summed E-state index contributed by atoms with van der Waals surface area (Å²) in [7, 11) is 0. The molecule has 2 atom stereocenters. The molecule has 1 aliphatic heterocycles. The minimum Gasteiger partial charge on any atom is -0.508 e. The normalized spacial score (nSPS) is 17.8. The maximum Gasteiger partial charge on any atom is 0.408 e. The van der Waals surface area contributed by atoms with Crippen LogP contribution < -0.4 is 10.6 Å². The van der Waals surface area contributed by atoms with Gasteiger partial charge in [0.2, 0.25) is 5.91 Å². The first-order valence-electron chi connectivity index (χ1n) is 8.35. The predicted octanol–water partition coefficient (Wildman–Crippen LogP) is 0.786. The Hall–Kier alpha value is -3.10. The first-order chi connectivity index (χ1) is 12.5. The average Bonchev–Trinajstić information content (AvgIpc) is 2.84. The van der Waals surface area contributed by atoms with E-state index in [9.17, 15) is 24.3 Å². The van der Waals surface area contributed by atoms with Crippen LogP contribution in [0, 0.1) is 0 Å². The van der Waals surface area contributed by atoms with Crippen LogP contribution in [0.1, 0.15) is 32.8 Å². The topological polar surface area (TPSA) is 131 Å². The van der Waals surface area contributed by atoms with Crippen LogP contribution in [0.3, 0.4) is 0 Å². The summed E-state index contributed by atoms with van der Waals surface area (Å²) < 4.78 is 10.2. The van der Waals surface area contributed by atoms with Gasteiger partial charge >= 0.3 is 12.1 Å². The van der Waals surface area contributed by atoms with Crippen molar-refractivity contribution in [3.05, 3.63) is 29.8 Å². The van der Waals surface area contributed by atoms with E-state index >= 15 is 0 Å². The van der Waals surface area contributed by atoms with E-state index < -0.39 is 41.6 Å². The quantitative estimate of drug-likeness (QED) is 0.510. The maximum absolute atomic E-state index is 12.5. The Labute approximate surface area is 156 Å². The summed E-state index contributed by atoms with van der Waals surface area (Å²) in [5, 5.41) is 13.8. The van der Waals surface area contributed by atoms with Crippen molar-refractivity contribution >= 4 is 23.9 Å². The number of nitrogens with one attached hydrogen (secondary N) is 2. The van der Waals surface area contributed by atoms with Crippen LogP contribution in [0.4, 0.5) is 4.79 Å². The molecule has 0 aliphatic carbocycles. The highest BCUT2D eigenvalue weighted by Gasteiger charge is 2.36. The van der Waals surface area contributed by atoms with Crippen molar-refractivity contribution in [1.82, 2.24) is 10.6 Å². The molecule has 0 radical (unpaired) electrons. The zero-order valence-corrected chi connectivity index (χ0v) is 15.3. The van der Waals surface area contributed by atoms with Gasteiger partial charge in [0.05, 0.1) is 6.42 Å². The highest BCUT2D eigenvalue weighted by molar-refractivity contribution is 6.05. The van der Waals surface area contributed by atoms with Gasteiger partial charge in [0.25, 0.3) is 5.91 Å². The van der Waals surface area contributed by atoms with Crippen molar-refractivity contribution < 1.29 is 33.8 Å². The van der Waals surface area contributed by atoms with Crippen LogP contribution in [0.2, 0.25) is 0 Å². The number of benzene rings is 1. The number of phenolic OH excluding ortho intramolecular Hbond substituents is 1. The summed E-state index contributed by atoms with van der Waals surface area (Å²) in [4.78, 5) is 47.4. The summed E-state index contributed by atoms with van der Waals surface area (Å²) in [6, 6.07) is 4.90. The van der Waals surface area contributed by atoms with Crippen molar-refractivity contribution in [3.63, 3.8) is 0 Å². The number of phenols is 1. The molecule has 1 saturated heterocycles. The fourth-order valence-corrected chi connectivity index (χ4v) is 2.36. The monoisotopic (exact) mass is 378 g/mol. The number of hydrogen-bond acceptors (Lipinski definition) is 7. The Kier molecular flexibility index (Phi) is 6.04. The van der Waals surface area contributed by atoms with Crippen LogP contribution in [0.5, 0.6) is 5.75 Å². The van der Waals surface area contributed by atoms with E-state index in [1.807, 2.05) is 5.32 Å². The number of aromatic hydroxyl groups is 1. The molecule has 1 fully saturated rings. The van der Waals surface area contributed by atoms with Crippen LogP contribution in [0.25, 0.3) is 0 Å². The smallest absolute Gasteiger partial charge is 0.408 e. The molecule has 3 amide bonds. The average molecular weight is 378 g/mol. The first-order valence-corrected chi connectivity index (χ1v) is 8.35. The lowest BCUT2D eigenvalue weighted by atomic mass is 10.1. The van der Waals surface area contributed by atoms with Crippen molar-refractivity contribution in [1.29, 1.82) is 0 Å². The van der Waals surface area contributed by atoms with Crippen molar-refractivity contribution in [2.45, 2.75) is 51.4 Å². The van der Waals surface area contributed by atoms with E-state index in [-0.39, 0.29) is 18.6 Å². The van der Waals surface area contributed by atoms with Gasteiger partial charge in [-0.1, -0.05) is 12.1 Å². The third kappa shape index (κ3) is 6.28. The molecule has 1 aliphatic rings. The fraction of sp³-hybridized carbons (Fsp3) is 0.444. The minimum absolute atomic E-state index is 0.0423. The number of amides is 3. The summed E-state index contributed by atoms with van der Waals surface area (Å²) in [5.41, 5.74) is -0.132. The molecule has 1 aromatic carbocycles. The summed E-state index contributed by atoms with van der Waals surface area (Å²) in [5.74, 6) is -2.05. The van der Waals surface area contributed by atoms with Gasteiger partial charge in [0, 0.05) is 6.42 Å². The lowest BCUT2D eigenvalue weighted by Crippen LogP contribution is -2.46. The van der Waals surface area contributed by atoms with Gasteiger partial charge in [0.1, 0.15) is 17.4 Å². The molecule has 9 nitrogen and oxygen atoms in total. The van der Waals surface area contributed by atoms with E-state index in [4.69, 9.17) is 9.47 Å². The molecular formula is C18H22N2O7. The van der Waals surface area contributed by atoms with Crippen molar-refractivity contribution in [2.24, 2.45) is 0 Å². The Balaban J connectivity index is 2.11. The van der Waals surface area contributed by atoms with E-state index in [0.717, 1.165) is 0 Å². The van der Waals surface area contributed by atoms with E-state index in [0.29, 0.717) is 5.56 Å². The molecule has 0 bridgehead atoms. The SMILES string of the molecule is CC(C)(C)OC(=O)N[C@@H](Cc1ccc(O)cc1)C(=O)O[C@H]1CC(=O)NC1=O. The summed E-state index contributed by atoms with van der Waals surface area (Å²) >= 11 is 0. The molecule has 2 rings (SSSR count).